The summed E-state index contributed by atoms with van der Waals surface area (Å²) in [4.78, 5) is 14.1. The van der Waals surface area contributed by atoms with Crippen molar-refractivity contribution in [1.82, 2.24) is 4.90 Å². The Hall–Kier alpha value is -2.75. The van der Waals surface area contributed by atoms with Crippen LogP contribution in [0.15, 0.2) is 59.0 Å². The van der Waals surface area contributed by atoms with E-state index in [0.29, 0.717) is 0 Å². The number of carbonyl (C=O) groups is 1. The van der Waals surface area contributed by atoms with Crippen molar-refractivity contribution in [1.29, 1.82) is 0 Å². The minimum atomic E-state index is -0.162. The van der Waals surface area contributed by atoms with E-state index in [2.05, 4.69) is 6.92 Å². The number of benzene rings is 2. The molecule has 0 radical (unpaired) electrons. The van der Waals surface area contributed by atoms with Gasteiger partial charge in [0.1, 0.15) is 17.1 Å². The average Bonchev–Trinajstić information content (AvgIpc) is 3.09. The Labute approximate surface area is 148 Å². The highest BCUT2D eigenvalue weighted by Crippen LogP contribution is 2.26. The SMILES string of the molecule is CCc1cccc(OCC(=O)N(C)C(C)c2cc3ccccc3o2)c1. The van der Waals surface area contributed by atoms with Crippen molar-refractivity contribution in [3.05, 3.63) is 65.9 Å². The van der Waals surface area contributed by atoms with Crippen molar-refractivity contribution in [2.75, 3.05) is 13.7 Å². The highest BCUT2D eigenvalue weighted by molar-refractivity contribution is 5.79. The van der Waals surface area contributed by atoms with Gasteiger partial charge < -0.3 is 14.1 Å². The van der Waals surface area contributed by atoms with E-state index in [0.717, 1.165) is 28.9 Å². The van der Waals surface area contributed by atoms with Crippen LogP contribution >= 0.6 is 0 Å². The van der Waals surface area contributed by atoms with E-state index in [4.69, 9.17) is 9.15 Å². The Kier molecular flexibility index (Phi) is 5.08. The fourth-order valence-corrected chi connectivity index (χ4v) is 2.72. The molecule has 130 valence electrons. The largest absolute Gasteiger partial charge is 0.484 e. The van der Waals surface area contributed by atoms with Gasteiger partial charge in [0.15, 0.2) is 6.61 Å². The number of rotatable bonds is 6. The molecule has 0 spiro atoms. The molecule has 0 bridgehead atoms. The second-order valence-corrected chi connectivity index (χ2v) is 6.16. The molecule has 1 unspecified atom stereocenters. The van der Waals surface area contributed by atoms with Crippen molar-refractivity contribution in [3.8, 4) is 5.75 Å². The molecule has 0 N–H and O–H groups in total. The molecule has 1 aromatic heterocycles. The van der Waals surface area contributed by atoms with E-state index in [1.54, 1.807) is 11.9 Å². The number of likely N-dealkylation sites (N-methyl/N-ethyl adjacent to an activating group) is 1. The predicted molar refractivity (Wildman–Crippen MR) is 98.7 cm³/mol. The first-order chi connectivity index (χ1) is 12.1. The van der Waals surface area contributed by atoms with Crippen LogP contribution in [0, 0.1) is 0 Å². The lowest BCUT2D eigenvalue weighted by atomic mass is 10.2. The molecule has 2 aromatic carbocycles. The summed E-state index contributed by atoms with van der Waals surface area (Å²) in [6.45, 7) is 4.05. The number of nitrogens with zero attached hydrogens (tertiary/aromatic N) is 1. The zero-order valence-corrected chi connectivity index (χ0v) is 14.9. The summed E-state index contributed by atoms with van der Waals surface area (Å²) in [7, 11) is 1.77. The third kappa shape index (κ3) is 3.85. The number of hydrogen-bond acceptors (Lipinski definition) is 3. The zero-order chi connectivity index (χ0) is 17.8. The van der Waals surface area contributed by atoms with E-state index in [9.17, 15) is 4.79 Å². The van der Waals surface area contributed by atoms with Gasteiger partial charge in [0.25, 0.3) is 5.91 Å². The molecule has 0 aliphatic carbocycles. The molecular formula is C21H23NO3. The lowest BCUT2D eigenvalue weighted by molar-refractivity contribution is -0.134. The lowest BCUT2D eigenvalue weighted by Crippen LogP contribution is -2.33. The fourth-order valence-electron chi connectivity index (χ4n) is 2.72. The van der Waals surface area contributed by atoms with Crippen molar-refractivity contribution < 1.29 is 13.9 Å². The van der Waals surface area contributed by atoms with Crippen LogP contribution in [0.1, 0.15) is 31.2 Å². The summed E-state index contributed by atoms with van der Waals surface area (Å²) < 4.78 is 11.5. The Morgan fingerprint density at radius 1 is 1.16 bits per heavy atom. The Morgan fingerprint density at radius 2 is 1.96 bits per heavy atom. The summed E-state index contributed by atoms with van der Waals surface area (Å²) in [6.07, 6.45) is 0.939. The summed E-state index contributed by atoms with van der Waals surface area (Å²) in [5.74, 6) is 1.40. The molecule has 1 atom stereocenters. The van der Waals surface area contributed by atoms with Crippen LogP contribution in [-0.2, 0) is 11.2 Å². The van der Waals surface area contributed by atoms with Crippen LogP contribution in [0.2, 0.25) is 0 Å². The van der Waals surface area contributed by atoms with Gasteiger partial charge in [-0.05, 0) is 43.2 Å². The Morgan fingerprint density at radius 3 is 2.72 bits per heavy atom. The molecule has 4 heteroatoms. The van der Waals surface area contributed by atoms with Gasteiger partial charge in [0.05, 0.1) is 6.04 Å². The van der Waals surface area contributed by atoms with Gasteiger partial charge in [-0.1, -0.05) is 37.3 Å². The normalized spacial score (nSPS) is 12.1. The molecule has 0 aliphatic heterocycles. The maximum Gasteiger partial charge on any atom is 0.260 e. The van der Waals surface area contributed by atoms with E-state index in [1.165, 1.54) is 5.56 Å². The number of para-hydroxylation sites is 1. The van der Waals surface area contributed by atoms with Crippen LogP contribution in [-0.4, -0.2) is 24.5 Å². The molecule has 0 fully saturated rings. The molecule has 0 aliphatic rings. The monoisotopic (exact) mass is 337 g/mol. The number of carbonyl (C=O) groups excluding carboxylic acids is 1. The maximum absolute atomic E-state index is 12.5. The standard InChI is InChI=1S/C21H23NO3/c1-4-16-8-7-10-18(12-16)24-14-21(23)22(3)15(2)20-13-17-9-5-6-11-19(17)25-20/h5-13,15H,4,14H2,1-3H3. The van der Waals surface area contributed by atoms with Gasteiger partial charge in [-0.3, -0.25) is 4.79 Å². The van der Waals surface area contributed by atoms with Crippen LogP contribution < -0.4 is 4.74 Å². The first-order valence-corrected chi connectivity index (χ1v) is 8.54. The maximum atomic E-state index is 12.5. The van der Waals surface area contributed by atoms with E-state index >= 15 is 0 Å². The van der Waals surface area contributed by atoms with Gasteiger partial charge >= 0.3 is 0 Å². The number of ether oxygens (including phenoxy) is 1. The van der Waals surface area contributed by atoms with E-state index in [1.807, 2.05) is 61.5 Å². The smallest absolute Gasteiger partial charge is 0.260 e. The molecule has 4 nitrogen and oxygen atoms in total. The van der Waals surface area contributed by atoms with Crippen LogP contribution in [0.25, 0.3) is 11.0 Å². The number of furan rings is 1. The van der Waals surface area contributed by atoms with Crippen LogP contribution in [0.3, 0.4) is 0 Å². The third-order valence-corrected chi connectivity index (χ3v) is 4.50. The van der Waals surface area contributed by atoms with Crippen molar-refractivity contribution in [3.63, 3.8) is 0 Å². The summed E-state index contributed by atoms with van der Waals surface area (Å²) in [5, 5.41) is 1.04. The molecule has 3 aromatic rings. The highest BCUT2D eigenvalue weighted by Gasteiger charge is 2.21. The Balaban J connectivity index is 1.64. The van der Waals surface area contributed by atoms with Gasteiger partial charge in [-0.25, -0.2) is 0 Å². The predicted octanol–water partition coefficient (Wildman–Crippen LogP) is 4.59. The first kappa shape index (κ1) is 17.1. The third-order valence-electron chi connectivity index (χ3n) is 4.50. The minimum Gasteiger partial charge on any atom is -0.484 e. The molecule has 1 heterocycles. The topological polar surface area (TPSA) is 42.7 Å². The average molecular weight is 337 g/mol. The molecule has 3 rings (SSSR count). The number of amides is 1. The lowest BCUT2D eigenvalue weighted by Gasteiger charge is -2.23. The summed E-state index contributed by atoms with van der Waals surface area (Å²) in [6, 6.07) is 17.5. The number of fused-ring (bicyclic) bond motifs is 1. The second-order valence-electron chi connectivity index (χ2n) is 6.16. The minimum absolute atomic E-state index is 0.00817. The van der Waals surface area contributed by atoms with Crippen molar-refractivity contribution >= 4 is 16.9 Å². The summed E-state index contributed by atoms with van der Waals surface area (Å²) >= 11 is 0. The highest BCUT2D eigenvalue weighted by atomic mass is 16.5. The second kappa shape index (κ2) is 7.43. The fraction of sp³-hybridized carbons (Fsp3) is 0.286. The first-order valence-electron chi connectivity index (χ1n) is 8.54. The quantitative estimate of drug-likeness (QED) is 0.660. The van der Waals surface area contributed by atoms with Gasteiger partial charge in [-0.2, -0.15) is 0 Å². The van der Waals surface area contributed by atoms with E-state index < -0.39 is 0 Å². The molecule has 25 heavy (non-hydrogen) atoms. The molecule has 0 saturated carbocycles. The molecule has 1 amide bonds. The van der Waals surface area contributed by atoms with Crippen molar-refractivity contribution in [2.24, 2.45) is 0 Å². The Bertz CT molecular complexity index is 835. The molecular weight excluding hydrogens is 314 g/mol. The molecule has 0 saturated heterocycles. The van der Waals surface area contributed by atoms with E-state index in [-0.39, 0.29) is 18.6 Å². The van der Waals surface area contributed by atoms with Gasteiger partial charge in [0.2, 0.25) is 0 Å². The summed E-state index contributed by atoms with van der Waals surface area (Å²) in [5.41, 5.74) is 2.02. The number of aryl methyl sites for hydroxylation is 1. The van der Waals surface area contributed by atoms with Crippen LogP contribution in [0.4, 0.5) is 0 Å². The van der Waals surface area contributed by atoms with Crippen molar-refractivity contribution in [2.45, 2.75) is 26.3 Å². The van der Waals surface area contributed by atoms with Crippen LogP contribution in [0.5, 0.6) is 5.75 Å². The van der Waals surface area contributed by atoms with Gasteiger partial charge in [-0.15, -0.1) is 0 Å². The zero-order valence-electron chi connectivity index (χ0n) is 14.9. The number of hydrogen-bond donors (Lipinski definition) is 0. The van der Waals surface area contributed by atoms with Gasteiger partial charge in [0, 0.05) is 12.4 Å².